The van der Waals surface area contributed by atoms with E-state index in [1.165, 1.54) is 0 Å². The largest absolute Gasteiger partial charge is 0.394 e. The van der Waals surface area contributed by atoms with Crippen LogP contribution in [0.3, 0.4) is 0 Å². The fraction of sp³-hybridized carbons (Fsp3) is 0.900. The van der Waals surface area contributed by atoms with Gasteiger partial charge in [0.25, 0.3) is 0 Å². The van der Waals surface area contributed by atoms with Gasteiger partial charge in [-0.15, -0.1) is 11.6 Å². The van der Waals surface area contributed by atoms with Crippen molar-refractivity contribution in [1.29, 1.82) is 5.26 Å². The van der Waals surface area contributed by atoms with Crippen LogP contribution in [0, 0.1) is 11.3 Å². The number of likely N-dealkylation sites (tertiary alicyclic amines) is 1. The minimum atomic E-state index is -0.417. The van der Waals surface area contributed by atoms with Crippen LogP contribution in [0.4, 0.5) is 0 Å². The summed E-state index contributed by atoms with van der Waals surface area (Å²) in [5, 5.41) is 16.8. The number of ether oxygens (including phenoxy) is 1. The molecule has 0 amide bonds. The zero-order valence-corrected chi connectivity index (χ0v) is 9.49. The van der Waals surface area contributed by atoms with E-state index >= 15 is 0 Å². The smallest absolute Gasteiger partial charge is 0.133 e. The van der Waals surface area contributed by atoms with E-state index < -0.39 is 5.38 Å². The third-order valence-electron chi connectivity index (χ3n) is 2.54. The molecule has 1 rings (SSSR count). The predicted octanol–water partition coefficient (Wildman–Crippen LogP) is 0.591. The zero-order valence-electron chi connectivity index (χ0n) is 8.73. The van der Waals surface area contributed by atoms with Crippen LogP contribution < -0.4 is 0 Å². The van der Waals surface area contributed by atoms with Crippen molar-refractivity contribution in [1.82, 2.24) is 4.90 Å². The molecular formula is C10H17ClN2O2. The molecule has 0 bridgehead atoms. The van der Waals surface area contributed by atoms with E-state index in [0.29, 0.717) is 13.2 Å². The quantitative estimate of drug-likeness (QED) is 0.705. The van der Waals surface area contributed by atoms with Gasteiger partial charge in [-0.05, 0) is 12.8 Å². The van der Waals surface area contributed by atoms with E-state index in [-0.39, 0.29) is 12.7 Å². The number of rotatable bonds is 5. The summed E-state index contributed by atoms with van der Waals surface area (Å²) in [6.07, 6.45) is 2.16. The van der Waals surface area contributed by atoms with Gasteiger partial charge in [0.1, 0.15) is 5.38 Å². The molecule has 1 unspecified atom stereocenters. The topological polar surface area (TPSA) is 56.5 Å². The molecule has 15 heavy (non-hydrogen) atoms. The van der Waals surface area contributed by atoms with Crippen LogP contribution in [0.15, 0.2) is 0 Å². The van der Waals surface area contributed by atoms with Gasteiger partial charge in [-0.2, -0.15) is 5.26 Å². The Hall–Kier alpha value is -0.340. The van der Waals surface area contributed by atoms with Crippen molar-refractivity contribution in [3.8, 4) is 6.07 Å². The van der Waals surface area contributed by atoms with E-state index in [0.717, 1.165) is 25.9 Å². The van der Waals surface area contributed by atoms with Crippen LogP contribution in [0.5, 0.6) is 0 Å². The third-order valence-corrected chi connectivity index (χ3v) is 2.77. The van der Waals surface area contributed by atoms with Gasteiger partial charge in [-0.25, -0.2) is 0 Å². The Morgan fingerprint density at radius 2 is 2.20 bits per heavy atom. The Bertz CT molecular complexity index is 212. The van der Waals surface area contributed by atoms with Crippen molar-refractivity contribution in [2.45, 2.75) is 24.3 Å². The molecule has 1 fully saturated rings. The van der Waals surface area contributed by atoms with Crippen LogP contribution in [-0.2, 0) is 4.74 Å². The van der Waals surface area contributed by atoms with Gasteiger partial charge >= 0.3 is 0 Å². The molecule has 0 aromatic carbocycles. The Labute approximate surface area is 95.4 Å². The van der Waals surface area contributed by atoms with Crippen molar-refractivity contribution >= 4 is 11.6 Å². The first-order chi connectivity index (χ1) is 7.26. The summed E-state index contributed by atoms with van der Waals surface area (Å²) in [5.74, 6) is 0. The average Bonchev–Trinajstić information content (AvgIpc) is 2.28. The minimum absolute atomic E-state index is 0.0817. The number of alkyl halides is 1. The molecule has 86 valence electrons. The van der Waals surface area contributed by atoms with Crippen LogP contribution in [0.25, 0.3) is 0 Å². The van der Waals surface area contributed by atoms with Crippen molar-refractivity contribution in [2.75, 3.05) is 32.8 Å². The number of hydrogen-bond acceptors (Lipinski definition) is 4. The van der Waals surface area contributed by atoms with E-state index in [1.807, 2.05) is 6.07 Å². The van der Waals surface area contributed by atoms with Gasteiger partial charge < -0.3 is 14.7 Å². The van der Waals surface area contributed by atoms with Crippen molar-refractivity contribution in [2.24, 2.45) is 0 Å². The molecule has 1 aliphatic rings. The lowest BCUT2D eigenvalue weighted by atomic mass is 10.1. The lowest BCUT2D eigenvalue weighted by Gasteiger charge is -2.31. The van der Waals surface area contributed by atoms with Crippen molar-refractivity contribution in [3.63, 3.8) is 0 Å². The number of nitriles is 1. The summed E-state index contributed by atoms with van der Waals surface area (Å²) in [6.45, 7) is 2.96. The van der Waals surface area contributed by atoms with E-state index in [2.05, 4.69) is 4.90 Å². The molecule has 1 atom stereocenters. The fourth-order valence-corrected chi connectivity index (χ4v) is 1.94. The second-order valence-corrected chi connectivity index (χ2v) is 4.22. The maximum Gasteiger partial charge on any atom is 0.133 e. The molecule has 0 radical (unpaired) electrons. The number of aliphatic hydroxyl groups is 1. The number of piperidine rings is 1. The minimum Gasteiger partial charge on any atom is -0.394 e. The maximum absolute atomic E-state index is 8.61. The highest BCUT2D eigenvalue weighted by Gasteiger charge is 2.20. The lowest BCUT2D eigenvalue weighted by molar-refractivity contribution is -0.00721. The highest BCUT2D eigenvalue weighted by atomic mass is 35.5. The molecule has 1 saturated heterocycles. The Kier molecular flexibility index (Phi) is 5.96. The Morgan fingerprint density at radius 1 is 1.53 bits per heavy atom. The van der Waals surface area contributed by atoms with Crippen LogP contribution in [0.2, 0.25) is 0 Å². The van der Waals surface area contributed by atoms with E-state index in [9.17, 15) is 0 Å². The number of hydrogen-bond donors (Lipinski definition) is 1. The monoisotopic (exact) mass is 232 g/mol. The molecule has 0 spiro atoms. The summed E-state index contributed by atoms with van der Waals surface area (Å²) in [6, 6.07) is 2.02. The summed E-state index contributed by atoms with van der Waals surface area (Å²) in [5.41, 5.74) is 0. The number of aliphatic hydroxyl groups excluding tert-OH is 1. The molecule has 4 nitrogen and oxygen atoms in total. The molecular weight excluding hydrogens is 216 g/mol. The van der Waals surface area contributed by atoms with Crippen molar-refractivity contribution in [3.05, 3.63) is 0 Å². The van der Waals surface area contributed by atoms with Gasteiger partial charge in [0.2, 0.25) is 0 Å². The van der Waals surface area contributed by atoms with Crippen molar-refractivity contribution < 1.29 is 9.84 Å². The lowest BCUT2D eigenvalue weighted by Crippen LogP contribution is -2.40. The molecule has 0 aromatic rings. The standard InChI is InChI=1S/C10H17ClN2O2/c11-9(7-12)8-13-3-1-10(2-4-13)15-6-5-14/h9-10,14H,1-6,8H2. The highest BCUT2D eigenvalue weighted by Crippen LogP contribution is 2.14. The average molecular weight is 233 g/mol. The van der Waals surface area contributed by atoms with Crippen LogP contribution in [-0.4, -0.2) is 54.3 Å². The molecule has 0 aromatic heterocycles. The summed E-state index contributed by atoms with van der Waals surface area (Å²) >= 11 is 5.75. The number of nitrogens with zero attached hydrogens (tertiary/aromatic N) is 2. The van der Waals surface area contributed by atoms with E-state index in [4.69, 9.17) is 26.7 Å². The molecule has 1 aliphatic heterocycles. The fourth-order valence-electron chi connectivity index (χ4n) is 1.75. The summed E-state index contributed by atoms with van der Waals surface area (Å²) < 4.78 is 5.44. The molecule has 1 heterocycles. The second kappa shape index (κ2) is 7.02. The van der Waals surface area contributed by atoms with Crippen LogP contribution in [0.1, 0.15) is 12.8 Å². The van der Waals surface area contributed by atoms with Gasteiger partial charge in [0, 0.05) is 19.6 Å². The number of halogens is 1. The Morgan fingerprint density at radius 3 is 2.73 bits per heavy atom. The molecule has 0 saturated carbocycles. The van der Waals surface area contributed by atoms with Gasteiger partial charge in [0.05, 0.1) is 25.4 Å². The van der Waals surface area contributed by atoms with E-state index in [1.54, 1.807) is 0 Å². The zero-order chi connectivity index (χ0) is 11.1. The predicted molar refractivity (Wildman–Crippen MR) is 57.8 cm³/mol. The van der Waals surface area contributed by atoms with Gasteiger partial charge in [0.15, 0.2) is 0 Å². The second-order valence-electron chi connectivity index (χ2n) is 3.69. The molecule has 0 aliphatic carbocycles. The Balaban J connectivity index is 2.15. The maximum atomic E-state index is 8.61. The summed E-state index contributed by atoms with van der Waals surface area (Å²) in [7, 11) is 0. The third kappa shape index (κ3) is 4.80. The summed E-state index contributed by atoms with van der Waals surface area (Å²) in [4.78, 5) is 2.18. The first kappa shape index (κ1) is 12.7. The molecule has 5 heteroatoms. The molecule has 1 N–H and O–H groups in total. The highest BCUT2D eigenvalue weighted by molar-refractivity contribution is 6.22. The van der Waals surface area contributed by atoms with Gasteiger partial charge in [-0.1, -0.05) is 0 Å². The first-order valence-electron chi connectivity index (χ1n) is 5.24. The SMILES string of the molecule is N#CC(Cl)CN1CCC(OCCO)CC1. The van der Waals surface area contributed by atoms with Gasteiger partial charge in [-0.3, -0.25) is 0 Å². The van der Waals surface area contributed by atoms with Crippen LogP contribution >= 0.6 is 11.6 Å². The first-order valence-corrected chi connectivity index (χ1v) is 5.68. The normalized spacial score (nSPS) is 21.1.